The molecular weight excluding hydrogens is 336 g/mol. The van der Waals surface area contributed by atoms with Gasteiger partial charge in [-0.1, -0.05) is 37.3 Å². The minimum Gasteiger partial charge on any atom is -0.463 e. The Labute approximate surface area is 151 Å². The normalized spacial score (nSPS) is 24.4. The molecule has 7 nitrogen and oxygen atoms in total. The van der Waals surface area contributed by atoms with Crippen LogP contribution in [-0.2, 0) is 19.1 Å². The van der Waals surface area contributed by atoms with E-state index in [0.29, 0.717) is 5.92 Å². The molecule has 138 valence electrons. The Hall–Kier alpha value is -2.83. The molecule has 3 rings (SSSR count). The van der Waals surface area contributed by atoms with E-state index in [2.05, 4.69) is 10.6 Å². The molecule has 1 aliphatic heterocycles. The van der Waals surface area contributed by atoms with Crippen LogP contribution < -0.4 is 10.6 Å². The molecule has 0 radical (unpaired) electrons. The van der Waals surface area contributed by atoms with Gasteiger partial charge in [-0.25, -0.2) is 9.59 Å². The summed E-state index contributed by atoms with van der Waals surface area (Å²) in [6, 6.07) is 7.98. The van der Waals surface area contributed by atoms with Crippen molar-refractivity contribution in [3.63, 3.8) is 0 Å². The molecule has 26 heavy (non-hydrogen) atoms. The molecule has 1 aliphatic carbocycles. The zero-order valence-electron chi connectivity index (χ0n) is 14.8. The fourth-order valence-corrected chi connectivity index (χ4v) is 2.98. The van der Waals surface area contributed by atoms with Crippen LogP contribution in [0.3, 0.4) is 0 Å². The standard InChI is InChI=1S/C19H22N2O5/c1-3-25-18(23)15-14(10-26-17(22)13-9-11(13)2)20-19(24)21-16(15)12-7-5-4-6-8-12/h4-8,11,13,16H,3,9-10H2,1-2H3,(H2,20,21,24)/t11-,13+,16+/m0/s1. The molecule has 2 N–H and O–H groups in total. The first-order chi connectivity index (χ1) is 12.5. The first-order valence-electron chi connectivity index (χ1n) is 8.70. The van der Waals surface area contributed by atoms with Crippen molar-refractivity contribution in [2.75, 3.05) is 13.2 Å². The lowest BCUT2D eigenvalue weighted by atomic mass is 9.95. The van der Waals surface area contributed by atoms with E-state index in [4.69, 9.17) is 9.47 Å². The highest BCUT2D eigenvalue weighted by Crippen LogP contribution is 2.38. The fraction of sp³-hybridized carbons (Fsp3) is 0.421. The lowest BCUT2D eigenvalue weighted by molar-refractivity contribution is -0.145. The van der Waals surface area contributed by atoms with E-state index in [1.807, 2.05) is 37.3 Å². The second kappa shape index (κ2) is 7.59. The minimum absolute atomic E-state index is 0.0935. The number of nitrogens with one attached hydrogen (secondary N) is 2. The average molecular weight is 358 g/mol. The van der Waals surface area contributed by atoms with Gasteiger partial charge in [0.05, 0.1) is 29.8 Å². The molecule has 2 amide bonds. The first kappa shape index (κ1) is 18.0. The molecule has 1 aromatic carbocycles. The lowest BCUT2D eigenvalue weighted by Crippen LogP contribution is -2.47. The van der Waals surface area contributed by atoms with Gasteiger partial charge in [0.1, 0.15) is 6.61 Å². The van der Waals surface area contributed by atoms with Crippen molar-refractivity contribution in [1.29, 1.82) is 0 Å². The predicted molar refractivity (Wildman–Crippen MR) is 92.7 cm³/mol. The zero-order valence-corrected chi connectivity index (χ0v) is 14.8. The maximum Gasteiger partial charge on any atom is 0.338 e. The number of carbonyl (C=O) groups is 3. The van der Waals surface area contributed by atoms with E-state index < -0.39 is 18.0 Å². The van der Waals surface area contributed by atoms with E-state index in [1.54, 1.807) is 6.92 Å². The second-order valence-corrected chi connectivity index (χ2v) is 6.48. The van der Waals surface area contributed by atoms with E-state index in [-0.39, 0.29) is 36.4 Å². The quantitative estimate of drug-likeness (QED) is 0.759. The Morgan fingerprint density at radius 3 is 2.50 bits per heavy atom. The maximum atomic E-state index is 12.5. The van der Waals surface area contributed by atoms with Crippen molar-refractivity contribution in [3.05, 3.63) is 47.2 Å². The summed E-state index contributed by atoms with van der Waals surface area (Å²) >= 11 is 0. The SMILES string of the molecule is CCOC(=O)C1=C(COC(=O)[C@@H]2C[C@@H]2C)NC(=O)N[C@@H]1c1ccccc1. The van der Waals surface area contributed by atoms with Gasteiger partial charge in [0.2, 0.25) is 0 Å². The lowest BCUT2D eigenvalue weighted by Gasteiger charge is -2.29. The Morgan fingerprint density at radius 1 is 1.19 bits per heavy atom. The third-order valence-corrected chi connectivity index (χ3v) is 4.55. The van der Waals surface area contributed by atoms with E-state index in [9.17, 15) is 14.4 Å². The van der Waals surface area contributed by atoms with E-state index >= 15 is 0 Å². The molecule has 1 saturated carbocycles. The smallest absolute Gasteiger partial charge is 0.338 e. The van der Waals surface area contributed by atoms with E-state index in [1.165, 1.54) is 0 Å². The summed E-state index contributed by atoms with van der Waals surface area (Å²) < 4.78 is 10.5. The Morgan fingerprint density at radius 2 is 1.88 bits per heavy atom. The van der Waals surface area contributed by atoms with Gasteiger partial charge in [-0.15, -0.1) is 0 Å². The molecule has 1 aromatic rings. The second-order valence-electron chi connectivity index (χ2n) is 6.48. The van der Waals surface area contributed by atoms with Crippen molar-refractivity contribution < 1.29 is 23.9 Å². The summed E-state index contributed by atoms with van der Waals surface area (Å²) in [6.07, 6.45) is 0.809. The summed E-state index contributed by atoms with van der Waals surface area (Å²) in [5.74, 6) is -0.637. The van der Waals surface area contributed by atoms with Gasteiger partial charge in [0.15, 0.2) is 0 Å². The number of benzene rings is 1. The molecule has 1 fully saturated rings. The number of amides is 2. The van der Waals surface area contributed by atoms with Crippen LogP contribution in [0.15, 0.2) is 41.6 Å². The summed E-state index contributed by atoms with van der Waals surface area (Å²) in [6.45, 7) is 3.71. The van der Waals surface area contributed by atoms with Crippen LogP contribution in [0.5, 0.6) is 0 Å². The highest BCUT2D eigenvalue weighted by molar-refractivity contribution is 5.95. The zero-order chi connectivity index (χ0) is 18.7. The molecule has 2 aliphatic rings. The molecule has 0 bridgehead atoms. The van der Waals surface area contributed by atoms with Crippen LogP contribution >= 0.6 is 0 Å². The van der Waals surface area contributed by atoms with Crippen LogP contribution in [0.1, 0.15) is 31.9 Å². The fourth-order valence-electron chi connectivity index (χ4n) is 2.98. The monoisotopic (exact) mass is 358 g/mol. The third-order valence-electron chi connectivity index (χ3n) is 4.55. The largest absolute Gasteiger partial charge is 0.463 e. The van der Waals surface area contributed by atoms with Gasteiger partial charge in [-0.05, 0) is 24.8 Å². The van der Waals surface area contributed by atoms with Crippen LogP contribution in [0.25, 0.3) is 0 Å². The predicted octanol–water partition coefficient (Wildman–Crippen LogP) is 2.06. The molecule has 7 heteroatoms. The highest BCUT2D eigenvalue weighted by Gasteiger charge is 2.41. The van der Waals surface area contributed by atoms with Gasteiger partial charge >= 0.3 is 18.0 Å². The molecule has 0 spiro atoms. The Kier molecular flexibility index (Phi) is 5.25. The number of esters is 2. The molecule has 1 heterocycles. The maximum absolute atomic E-state index is 12.5. The van der Waals surface area contributed by atoms with Gasteiger partial charge in [-0.3, -0.25) is 4.79 Å². The van der Waals surface area contributed by atoms with Gasteiger partial charge in [-0.2, -0.15) is 0 Å². The number of carbonyl (C=O) groups excluding carboxylic acids is 3. The number of urea groups is 1. The number of hydrogen-bond donors (Lipinski definition) is 2. The third kappa shape index (κ3) is 3.87. The Bertz CT molecular complexity index is 744. The van der Waals surface area contributed by atoms with Crippen molar-refractivity contribution in [1.82, 2.24) is 10.6 Å². The van der Waals surface area contributed by atoms with Crippen molar-refractivity contribution in [3.8, 4) is 0 Å². The van der Waals surface area contributed by atoms with Crippen molar-refractivity contribution in [2.24, 2.45) is 11.8 Å². The van der Waals surface area contributed by atoms with E-state index in [0.717, 1.165) is 12.0 Å². The van der Waals surface area contributed by atoms with Crippen molar-refractivity contribution in [2.45, 2.75) is 26.3 Å². The van der Waals surface area contributed by atoms with Crippen LogP contribution in [-0.4, -0.2) is 31.2 Å². The average Bonchev–Trinajstić information content (AvgIpc) is 3.37. The Balaban J connectivity index is 1.89. The summed E-state index contributed by atoms with van der Waals surface area (Å²) in [4.78, 5) is 36.6. The topological polar surface area (TPSA) is 93.7 Å². The number of hydrogen-bond acceptors (Lipinski definition) is 5. The highest BCUT2D eigenvalue weighted by atomic mass is 16.5. The molecule has 0 aromatic heterocycles. The van der Waals surface area contributed by atoms with Gasteiger partial charge in [0.25, 0.3) is 0 Å². The molecule has 3 atom stereocenters. The minimum atomic E-state index is -0.669. The van der Waals surface area contributed by atoms with Crippen LogP contribution in [0, 0.1) is 11.8 Å². The first-order valence-corrected chi connectivity index (χ1v) is 8.70. The summed E-state index contributed by atoms with van der Waals surface area (Å²) in [5, 5.41) is 5.32. The number of rotatable bonds is 6. The van der Waals surface area contributed by atoms with Crippen LogP contribution in [0.2, 0.25) is 0 Å². The van der Waals surface area contributed by atoms with Crippen molar-refractivity contribution >= 4 is 18.0 Å². The summed E-state index contributed by atoms with van der Waals surface area (Å²) in [5.41, 5.74) is 1.24. The number of ether oxygens (including phenoxy) is 2. The molecular formula is C19H22N2O5. The van der Waals surface area contributed by atoms with Crippen LogP contribution in [0.4, 0.5) is 4.79 Å². The summed E-state index contributed by atoms with van der Waals surface area (Å²) in [7, 11) is 0. The molecule has 0 unspecified atom stereocenters. The van der Waals surface area contributed by atoms with Gasteiger partial charge in [0, 0.05) is 0 Å². The molecule has 0 saturated heterocycles. The van der Waals surface area contributed by atoms with Gasteiger partial charge < -0.3 is 20.1 Å².